The first-order valence-electron chi connectivity index (χ1n) is 8.24. The van der Waals surface area contributed by atoms with Crippen molar-refractivity contribution in [3.63, 3.8) is 0 Å². The Bertz CT molecular complexity index is 329. The summed E-state index contributed by atoms with van der Waals surface area (Å²) in [6, 6.07) is 0. The topological polar surface area (TPSA) is 53.0 Å². The molecule has 0 spiro atoms. The number of ether oxygens (including phenoxy) is 1. The van der Waals surface area contributed by atoms with E-state index in [0.29, 0.717) is 5.92 Å². The van der Waals surface area contributed by atoms with Gasteiger partial charge in [-0.25, -0.2) is 0 Å². The smallest absolute Gasteiger partial charge is 0.225 e. The summed E-state index contributed by atoms with van der Waals surface area (Å²) in [5.74, 6) is 0.992. The number of aliphatic hydroxyl groups is 1. The molecule has 1 saturated heterocycles. The zero-order chi connectivity index (χ0) is 15.2. The summed E-state index contributed by atoms with van der Waals surface area (Å²) in [4.78, 5) is 16.8. The van der Waals surface area contributed by atoms with Crippen molar-refractivity contribution in [2.45, 2.75) is 38.2 Å². The number of methoxy groups -OCH3 is 1. The maximum atomic E-state index is 12.5. The molecule has 1 N–H and O–H groups in total. The number of likely N-dealkylation sites (tertiary alicyclic amines) is 1. The fraction of sp³-hybridized carbons (Fsp3) is 0.938. The molecule has 122 valence electrons. The number of carbonyl (C=O) groups excluding carboxylic acids is 1. The number of hydrogen-bond donors (Lipinski definition) is 1. The number of hydrogen-bond acceptors (Lipinski definition) is 4. The lowest BCUT2D eigenvalue weighted by Crippen LogP contribution is -2.39. The summed E-state index contributed by atoms with van der Waals surface area (Å²) >= 11 is 0. The summed E-state index contributed by atoms with van der Waals surface area (Å²) in [6.45, 7) is 4.83. The van der Waals surface area contributed by atoms with Gasteiger partial charge in [0.05, 0.1) is 12.7 Å². The average molecular weight is 298 g/mol. The van der Waals surface area contributed by atoms with Crippen LogP contribution in [0.4, 0.5) is 0 Å². The molecular formula is C16H30N2O3. The SMILES string of the molecule is COCCN1CC[C@H](CN(C)C(=O)C2CCC(O)CC2)C1. The standard InChI is InChI=1S/C16H30N2O3/c1-17(16(20)14-3-5-15(19)6-4-14)11-13-7-8-18(12-13)9-10-21-2/h13-15,19H,3-12H2,1-2H3/t13-,14?,15?/m1/s1. The van der Waals surface area contributed by atoms with Crippen LogP contribution < -0.4 is 0 Å². The van der Waals surface area contributed by atoms with Crippen molar-refractivity contribution >= 4 is 5.91 Å². The third-order valence-electron chi connectivity index (χ3n) is 4.94. The van der Waals surface area contributed by atoms with Crippen LogP contribution in [0.5, 0.6) is 0 Å². The van der Waals surface area contributed by atoms with Crippen molar-refractivity contribution < 1.29 is 14.6 Å². The van der Waals surface area contributed by atoms with Crippen LogP contribution in [0.1, 0.15) is 32.1 Å². The second kappa shape index (κ2) is 8.11. The van der Waals surface area contributed by atoms with E-state index in [-0.39, 0.29) is 17.9 Å². The van der Waals surface area contributed by atoms with Crippen LogP contribution in [-0.2, 0) is 9.53 Å². The van der Waals surface area contributed by atoms with E-state index >= 15 is 0 Å². The van der Waals surface area contributed by atoms with Gasteiger partial charge in [-0.15, -0.1) is 0 Å². The molecule has 0 aromatic rings. The highest BCUT2D eigenvalue weighted by Crippen LogP contribution is 2.26. The first-order chi connectivity index (χ1) is 10.1. The first-order valence-corrected chi connectivity index (χ1v) is 8.24. The summed E-state index contributed by atoms with van der Waals surface area (Å²) < 4.78 is 5.12. The lowest BCUT2D eigenvalue weighted by atomic mass is 9.86. The Morgan fingerprint density at radius 2 is 2.00 bits per heavy atom. The van der Waals surface area contributed by atoms with E-state index in [4.69, 9.17) is 4.74 Å². The Labute approximate surface area is 128 Å². The van der Waals surface area contributed by atoms with Crippen LogP contribution in [0.3, 0.4) is 0 Å². The maximum Gasteiger partial charge on any atom is 0.225 e. The van der Waals surface area contributed by atoms with Crippen molar-refractivity contribution in [3.8, 4) is 0 Å². The Morgan fingerprint density at radius 1 is 1.29 bits per heavy atom. The van der Waals surface area contributed by atoms with Crippen LogP contribution in [0.25, 0.3) is 0 Å². The fourth-order valence-corrected chi connectivity index (χ4v) is 3.60. The zero-order valence-corrected chi connectivity index (χ0v) is 13.5. The lowest BCUT2D eigenvalue weighted by Gasteiger charge is -2.29. The van der Waals surface area contributed by atoms with E-state index in [9.17, 15) is 9.90 Å². The molecule has 1 saturated carbocycles. The van der Waals surface area contributed by atoms with Gasteiger partial charge in [-0.05, 0) is 44.6 Å². The summed E-state index contributed by atoms with van der Waals surface area (Å²) in [5, 5.41) is 9.54. The van der Waals surface area contributed by atoms with E-state index in [0.717, 1.165) is 58.5 Å². The minimum absolute atomic E-state index is 0.129. The third-order valence-corrected chi connectivity index (χ3v) is 4.94. The highest BCUT2D eigenvalue weighted by atomic mass is 16.5. The third kappa shape index (κ3) is 4.94. The largest absolute Gasteiger partial charge is 0.393 e. The summed E-state index contributed by atoms with van der Waals surface area (Å²) in [5.41, 5.74) is 0. The van der Waals surface area contributed by atoms with Gasteiger partial charge in [-0.3, -0.25) is 4.79 Å². The van der Waals surface area contributed by atoms with Crippen LogP contribution in [-0.4, -0.2) is 73.9 Å². The Balaban J connectivity index is 1.71. The molecule has 1 amide bonds. The van der Waals surface area contributed by atoms with Gasteiger partial charge in [0.2, 0.25) is 5.91 Å². The van der Waals surface area contributed by atoms with Crippen molar-refractivity contribution in [2.75, 3.05) is 46.9 Å². The van der Waals surface area contributed by atoms with Gasteiger partial charge in [0.15, 0.2) is 0 Å². The van der Waals surface area contributed by atoms with Gasteiger partial charge in [-0.1, -0.05) is 0 Å². The molecule has 5 nitrogen and oxygen atoms in total. The molecule has 0 radical (unpaired) electrons. The Hall–Kier alpha value is -0.650. The fourth-order valence-electron chi connectivity index (χ4n) is 3.60. The van der Waals surface area contributed by atoms with E-state index in [1.54, 1.807) is 7.11 Å². The molecule has 1 aliphatic heterocycles. The maximum absolute atomic E-state index is 12.5. The second-order valence-corrected chi connectivity index (χ2v) is 6.67. The summed E-state index contributed by atoms with van der Waals surface area (Å²) in [7, 11) is 3.67. The van der Waals surface area contributed by atoms with Gasteiger partial charge in [0.25, 0.3) is 0 Å². The predicted octanol–water partition coefficient (Wildman–Crippen LogP) is 0.964. The molecule has 1 atom stereocenters. The lowest BCUT2D eigenvalue weighted by molar-refractivity contribution is -0.136. The van der Waals surface area contributed by atoms with E-state index < -0.39 is 0 Å². The van der Waals surface area contributed by atoms with Gasteiger partial charge in [-0.2, -0.15) is 0 Å². The van der Waals surface area contributed by atoms with Gasteiger partial charge >= 0.3 is 0 Å². The van der Waals surface area contributed by atoms with Crippen molar-refractivity contribution in [2.24, 2.45) is 11.8 Å². The quantitative estimate of drug-likeness (QED) is 0.794. The Morgan fingerprint density at radius 3 is 2.67 bits per heavy atom. The predicted molar refractivity (Wildman–Crippen MR) is 82.0 cm³/mol. The monoisotopic (exact) mass is 298 g/mol. The minimum Gasteiger partial charge on any atom is -0.393 e. The molecule has 0 bridgehead atoms. The first kappa shape index (κ1) is 16.7. The van der Waals surface area contributed by atoms with Gasteiger partial charge in [0, 0.05) is 39.7 Å². The highest BCUT2D eigenvalue weighted by molar-refractivity contribution is 5.78. The molecule has 1 aliphatic carbocycles. The normalized spacial score (nSPS) is 30.5. The number of nitrogens with zero attached hydrogens (tertiary/aromatic N) is 2. The van der Waals surface area contributed by atoms with Crippen LogP contribution in [0, 0.1) is 11.8 Å². The van der Waals surface area contributed by atoms with Gasteiger partial charge in [0.1, 0.15) is 0 Å². The number of rotatable bonds is 6. The molecule has 2 rings (SSSR count). The van der Waals surface area contributed by atoms with Crippen LogP contribution in [0.2, 0.25) is 0 Å². The number of carbonyl (C=O) groups is 1. The molecule has 2 aliphatic rings. The Kier molecular flexibility index (Phi) is 6.45. The average Bonchev–Trinajstić information content (AvgIpc) is 2.92. The molecule has 21 heavy (non-hydrogen) atoms. The molecule has 0 aromatic carbocycles. The van der Waals surface area contributed by atoms with Crippen molar-refractivity contribution in [1.82, 2.24) is 9.80 Å². The van der Waals surface area contributed by atoms with Crippen LogP contribution >= 0.6 is 0 Å². The number of amides is 1. The molecule has 0 aromatic heterocycles. The molecule has 2 fully saturated rings. The zero-order valence-electron chi connectivity index (χ0n) is 13.5. The highest BCUT2D eigenvalue weighted by Gasteiger charge is 2.30. The second-order valence-electron chi connectivity index (χ2n) is 6.67. The van der Waals surface area contributed by atoms with E-state index in [1.165, 1.54) is 6.42 Å². The van der Waals surface area contributed by atoms with Crippen LogP contribution in [0.15, 0.2) is 0 Å². The van der Waals surface area contributed by atoms with Crippen molar-refractivity contribution in [3.05, 3.63) is 0 Å². The van der Waals surface area contributed by atoms with E-state index in [2.05, 4.69) is 4.90 Å². The summed E-state index contributed by atoms with van der Waals surface area (Å²) in [6.07, 6.45) is 4.22. The van der Waals surface area contributed by atoms with E-state index in [1.807, 2.05) is 11.9 Å². The molecular weight excluding hydrogens is 268 g/mol. The number of aliphatic hydroxyl groups excluding tert-OH is 1. The minimum atomic E-state index is -0.191. The van der Waals surface area contributed by atoms with Gasteiger partial charge < -0.3 is 19.6 Å². The molecule has 5 heteroatoms. The van der Waals surface area contributed by atoms with Crippen molar-refractivity contribution in [1.29, 1.82) is 0 Å². The molecule has 1 heterocycles. The molecule has 0 unspecified atom stereocenters.